The number of anilines is 6. The summed E-state index contributed by atoms with van der Waals surface area (Å²) in [6, 6.07) is 77.2. The van der Waals surface area contributed by atoms with Crippen LogP contribution in [-0.2, 0) is 43.3 Å². The second-order valence-electron chi connectivity index (χ2n) is 36.6. The molecule has 0 fully saturated rings. The number of nitrogens with zero attached hydrogens (tertiary/aromatic N) is 3. The number of fused-ring (bicyclic) bond motifs is 8. The molecule has 0 N–H and O–H groups in total. The van der Waals surface area contributed by atoms with Gasteiger partial charge >= 0.3 is 0 Å². The third-order valence-electron chi connectivity index (χ3n) is 20.9. The van der Waals surface area contributed by atoms with Gasteiger partial charge in [-0.15, -0.1) is 0 Å². The Bertz CT molecular complexity index is 4760. The minimum absolute atomic E-state index is 0.00779. The summed E-state index contributed by atoms with van der Waals surface area (Å²) in [6.07, 6.45) is 0. The van der Waals surface area contributed by atoms with E-state index in [2.05, 4.69) is 375 Å². The molecule has 490 valence electrons. The van der Waals surface area contributed by atoms with Crippen molar-refractivity contribution in [2.75, 3.05) is 9.80 Å². The monoisotopic (exact) mass is 1260 g/mol. The summed E-state index contributed by atoms with van der Waals surface area (Å²) in [4.78, 5) is 5.27. The van der Waals surface area contributed by atoms with Gasteiger partial charge in [-0.2, -0.15) is 0 Å². The molecule has 10 aromatic carbocycles. The lowest BCUT2D eigenvalue weighted by Crippen LogP contribution is -2.61. The van der Waals surface area contributed by atoms with Crippen molar-refractivity contribution in [1.29, 1.82) is 0 Å². The number of para-hydroxylation sites is 1. The molecule has 3 heterocycles. The Kier molecular flexibility index (Phi) is 15.6. The molecule has 0 radical (unpaired) electrons. The van der Waals surface area contributed by atoms with Crippen molar-refractivity contribution in [3.8, 4) is 39.1 Å². The van der Waals surface area contributed by atoms with Gasteiger partial charge in [-0.1, -0.05) is 294 Å². The molecule has 11 aromatic rings. The van der Waals surface area contributed by atoms with E-state index in [-0.39, 0.29) is 50.0 Å². The van der Waals surface area contributed by atoms with Gasteiger partial charge in [0.25, 0.3) is 6.71 Å². The molecule has 0 saturated carbocycles. The van der Waals surface area contributed by atoms with Crippen molar-refractivity contribution < 1.29 is 0 Å². The second kappa shape index (κ2) is 22.6. The fourth-order valence-corrected chi connectivity index (χ4v) is 14.7. The van der Waals surface area contributed by atoms with Crippen molar-refractivity contribution in [2.24, 2.45) is 0 Å². The van der Waals surface area contributed by atoms with E-state index < -0.39 is 0 Å². The molecule has 2 aliphatic heterocycles. The van der Waals surface area contributed by atoms with Crippen LogP contribution in [0.3, 0.4) is 0 Å². The first kappa shape index (κ1) is 66.3. The van der Waals surface area contributed by atoms with Gasteiger partial charge < -0.3 is 14.4 Å². The zero-order valence-corrected chi connectivity index (χ0v) is 62.4. The molecule has 0 bridgehead atoms. The minimum atomic E-state index is -0.117. The summed E-state index contributed by atoms with van der Waals surface area (Å²) >= 11 is 0. The van der Waals surface area contributed by atoms with Crippen LogP contribution in [0.2, 0.25) is 0 Å². The molecule has 0 aliphatic carbocycles. The van der Waals surface area contributed by atoms with E-state index in [1.54, 1.807) is 0 Å². The standard InChI is InChI=1S/C92H104BN3/c1-85(2,3)63-43-60(44-64(51-63)86(4,5)6)57-35-38-71(39-36-57)94-79-33-28-34-80-83(79)93(75-40-37-59(50-81(75)94)62-47-67(89(13,14)15)53-68(48-62)90(16,17)18)76-41-42-78-82(74-31-25-26-32-77(74)95(78)73-55-69(91(19,20)21)54-70(56-73)92(22,23)24)84(76)96(80)72-30-27-29-58(49-72)61-45-65(87(7,8)9)52-66(46-61)88(10,11)12/h25-56H,1-24H3. The number of hydrogen-bond donors (Lipinski definition) is 0. The maximum atomic E-state index is 2.67. The van der Waals surface area contributed by atoms with Crippen LogP contribution in [0.4, 0.5) is 34.1 Å². The maximum absolute atomic E-state index is 2.67. The van der Waals surface area contributed by atoms with Crippen molar-refractivity contribution in [3.05, 3.63) is 239 Å². The first-order valence-corrected chi connectivity index (χ1v) is 35.4. The fourth-order valence-electron chi connectivity index (χ4n) is 14.7. The Morgan fingerprint density at radius 3 is 1.11 bits per heavy atom. The van der Waals surface area contributed by atoms with Crippen LogP contribution in [0, 0.1) is 0 Å². The number of benzene rings is 10. The molecule has 0 unspecified atom stereocenters. The molecule has 1 aromatic heterocycles. The summed E-state index contributed by atoms with van der Waals surface area (Å²) in [5.74, 6) is 0. The number of rotatable bonds is 6. The van der Waals surface area contributed by atoms with Crippen LogP contribution in [0.5, 0.6) is 0 Å². The van der Waals surface area contributed by atoms with Crippen LogP contribution in [-0.4, -0.2) is 11.3 Å². The van der Waals surface area contributed by atoms with E-state index >= 15 is 0 Å². The fraction of sp³-hybridized carbons (Fsp3) is 0.348. The summed E-state index contributed by atoms with van der Waals surface area (Å²) in [6.45, 7) is 56.2. The lowest BCUT2D eigenvalue weighted by molar-refractivity contribution is 0.567. The Hall–Kier alpha value is -8.34. The highest BCUT2D eigenvalue weighted by atomic mass is 15.2. The summed E-state index contributed by atoms with van der Waals surface area (Å²) in [5, 5.41) is 2.49. The zero-order valence-electron chi connectivity index (χ0n) is 62.4. The van der Waals surface area contributed by atoms with Crippen molar-refractivity contribution >= 4 is 79.0 Å². The Morgan fingerprint density at radius 2 is 0.646 bits per heavy atom. The smallest absolute Gasteiger partial charge is 0.252 e. The predicted molar refractivity (Wildman–Crippen MR) is 421 cm³/mol. The third-order valence-corrected chi connectivity index (χ3v) is 20.9. The van der Waals surface area contributed by atoms with Crippen molar-refractivity contribution in [3.63, 3.8) is 0 Å². The second-order valence-corrected chi connectivity index (χ2v) is 36.6. The topological polar surface area (TPSA) is 11.4 Å². The van der Waals surface area contributed by atoms with Crippen LogP contribution in [0.15, 0.2) is 194 Å². The van der Waals surface area contributed by atoms with Crippen molar-refractivity contribution in [2.45, 2.75) is 209 Å². The van der Waals surface area contributed by atoms with E-state index in [9.17, 15) is 0 Å². The van der Waals surface area contributed by atoms with Gasteiger partial charge in [0.15, 0.2) is 0 Å². The van der Waals surface area contributed by atoms with Gasteiger partial charge in [0.1, 0.15) is 0 Å². The van der Waals surface area contributed by atoms with Gasteiger partial charge in [0, 0.05) is 44.9 Å². The van der Waals surface area contributed by atoms with Crippen LogP contribution in [0.1, 0.15) is 211 Å². The SMILES string of the molecule is CC(C)(C)c1cc(-c2ccc(N3c4cc(-c5cc(C(C)(C)C)cc(C(C)(C)C)c5)ccc4B4c5ccc6c(c5N(c5cccc(-c7cc(C(C)(C)C)cc(C(C)(C)C)c7)c5)c5cccc3c54)c3ccccc3n6-c3cc(C(C)(C)C)cc(C(C)(C)C)c3)cc2)cc(C(C)(C)C)c1. The molecular formula is C92H104BN3. The summed E-state index contributed by atoms with van der Waals surface area (Å²) in [5.41, 5.74) is 32.3. The highest BCUT2D eigenvalue weighted by Gasteiger charge is 2.45. The third kappa shape index (κ3) is 12.0. The van der Waals surface area contributed by atoms with Gasteiger partial charge in [-0.05, 0) is 204 Å². The Morgan fingerprint density at radius 1 is 0.250 bits per heavy atom. The van der Waals surface area contributed by atoms with Gasteiger partial charge in [-0.3, -0.25) is 0 Å². The zero-order chi connectivity index (χ0) is 69.1. The molecule has 0 amide bonds. The quantitative estimate of drug-likeness (QED) is 0.154. The average molecular weight is 1260 g/mol. The van der Waals surface area contributed by atoms with Gasteiger partial charge in [0.2, 0.25) is 0 Å². The average Bonchev–Trinajstić information content (AvgIpc) is 0.765. The van der Waals surface area contributed by atoms with Gasteiger partial charge in [0.05, 0.1) is 16.7 Å². The molecule has 0 spiro atoms. The van der Waals surface area contributed by atoms with E-state index in [0.717, 1.165) is 11.4 Å². The van der Waals surface area contributed by atoms with Crippen molar-refractivity contribution in [1.82, 2.24) is 4.57 Å². The largest absolute Gasteiger partial charge is 0.311 e. The normalized spacial score (nSPS) is 14.0. The predicted octanol–water partition coefficient (Wildman–Crippen LogP) is 24.2. The number of hydrogen-bond acceptors (Lipinski definition) is 2. The molecule has 0 atom stereocenters. The molecular weight excluding hydrogens is 1160 g/mol. The van der Waals surface area contributed by atoms with Crippen LogP contribution < -0.4 is 26.2 Å². The minimum Gasteiger partial charge on any atom is -0.311 e. The summed E-state index contributed by atoms with van der Waals surface area (Å²) in [7, 11) is 0. The van der Waals surface area contributed by atoms with E-state index in [1.807, 2.05) is 0 Å². The van der Waals surface area contributed by atoms with E-state index in [0.29, 0.717) is 0 Å². The van der Waals surface area contributed by atoms with Crippen LogP contribution >= 0.6 is 0 Å². The lowest BCUT2D eigenvalue weighted by Gasteiger charge is -2.44. The molecule has 96 heavy (non-hydrogen) atoms. The molecule has 0 saturated heterocycles. The highest BCUT2D eigenvalue weighted by molar-refractivity contribution is 7.00. The first-order chi connectivity index (χ1) is 44.6. The molecule has 13 rings (SSSR count). The van der Waals surface area contributed by atoms with E-state index in [4.69, 9.17) is 0 Å². The van der Waals surface area contributed by atoms with Crippen LogP contribution in [0.25, 0.3) is 60.9 Å². The van der Waals surface area contributed by atoms with Gasteiger partial charge in [-0.25, -0.2) is 0 Å². The first-order valence-electron chi connectivity index (χ1n) is 35.4. The Labute approximate surface area is 577 Å². The molecule has 3 nitrogen and oxygen atoms in total. The number of aromatic nitrogens is 1. The summed E-state index contributed by atoms with van der Waals surface area (Å²) < 4.78 is 2.58. The van der Waals surface area contributed by atoms with E-state index in [1.165, 1.54) is 145 Å². The Balaban J connectivity index is 1.12. The highest BCUT2D eigenvalue weighted by Crippen LogP contribution is 2.51. The molecule has 2 aliphatic rings. The maximum Gasteiger partial charge on any atom is 0.252 e. The molecule has 4 heteroatoms. The lowest BCUT2D eigenvalue weighted by atomic mass is 9.33.